The van der Waals surface area contributed by atoms with E-state index in [0.717, 1.165) is 30.8 Å². The highest BCUT2D eigenvalue weighted by Gasteiger charge is 2.25. The number of rotatable bonds is 7. The van der Waals surface area contributed by atoms with E-state index < -0.39 is 10.0 Å². The zero-order valence-electron chi connectivity index (χ0n) is 13.3. The summed E-state index contributed by atoms with van der Waals surface area (Å²) in [5.41, 5.74) is 1.23. The van der Waals surface area contributed by atoms with Crippen LogP contribution in [0.1, 0.15) is 18.4 Å². The second kappa shape index (κ2) is 7.97. The lowest BCUT2D eigenvalue weighted by Gasteiger charge is -2.27. The molecule has 4 nitrogen and oxygen atoms in total. The second-order valence-electron chi connectivity index (χ2n) is 6.00. The largest absolute Gasteiger partial charge is 0.299 e. The van der Waals surface area contributed by atoms with E-state index in [9.17, 15) is 8.42 Å². The Morgan fingerprint density at radius 3 is 2.46 bits per heavy atom. The molecule has 0 spiro atoms. The number of sulfonamides is 1. The van der Waals surface area contributed by atoms with E-state index in [2.05, 4.69) is 21.8 Å². The molecule has 0 saturated carbocycles. The van der Waals surface area contributed by atoms with Crippen molar-refractivity contribution >= 4 is 33.0 Å². The maximum absolute atomic E-state index is 12.4. The quantitative estimate of drug-likeness (QED) is 0.796. The molecule has 0 bridgehead atoms. The number of hydrogen-bond acceptors (Lipinski definition) is 4. The van der Waals surface area contributed by atoms with E-state index in [4.69, 9.17) is 11.6 Å². The van der Waals surface area contributed by atoms with Crippen LogP contribution in [0.2, 0.25) is 4.34 Å². The number of nitrogens with one attached hydrogen (secondary N) is 1. The third kappa shape index (κ3) is 4.58. The summed E-state index contributed by atoms with van der Waals surface area (Å²) in [5.74, 6) is 0. The Morgan fingerprint density at radius 2 is 1.83 bits per heavy atom. The van der Waals surface area contributed by atoms with Crippen LogP contribution in [0.5, 0.6) is 0 Å². The van der Waals surface area contributed by atoms with Gasteiger partial charge in [-0.1, -0.05) is 41.9 Å². The van der Waals surface area contributed by atoms with E-state index >= 15 is 0 Å². The summed E-state index contributed by atoms with van der Waals surface area (Å²) >= 11 is 6.94. The summed E-state index contributed by atoms with van der Waals surface area (Å²) < 4.78 is 28.4. The molecule has 0 radical (unpaired) electrons. The lowest BCUT2D eigenvalue weighted by atomic mass is 10.1. The molecule has 1 atom stereocenters. The fourth-order valence-electron chi connectivity index (χ4n) is 3.04. The number of hydrogen-bond donors (Lipinski definition) is 1. The van der Waals surface area contributed by atoms with Crippen molar-refractivity contribution in [1.82, 2.24) is 9.62 Å². The molecular weight excluding hydrogens is 364 g/mol. The van der Waals surface area contributed by atoms with Crippen molar-refractivity contribution in [2.75, 3.05) is 19.6 Å². The van der Waals surface area contributed by atoms with Gasteiger partial charge in [0.15, 0.2) is 0 Å². The zero-order valence-corrected chi connectivity index (χ0v) is 15.7. The number of likely N-dealkylation sites (tertiary alicyclic amines) is 1. The van der Waals surface area contributed by atoms with Crippen molar-refractivity contribution < 1.29 is 8.42 Å². The van der Waals surface area contributed by atoms with Crippen LogP contribution in [0.15, 0.2) is 46.7 Å². The molecule has 2 heterocycles. The monoisotopic (exact) mass is 384 g/mol. The fourth-order valence-corrected chi connectivity index (χ4v) is 5.64. The molecule has 1 fully saturated rings. The molecule has 1 aromatic heterocycles. The average Bonchev–Trinajstić information content (AvgIpc) is 3.24. The minimum absolute atomic E-state index is 0.167. The van der Waals surface area contributed by atoms with Crippen LogP contribution >= 0.6 is 22.9 Å². The van der Waals surface area contributed by atoms with Crippen molar-refractivity contribution in [2.45, 2.75) is 29.5 Å². The smallest absolute Gasteiger partial charge is 0.250 e. The van der Waals surface area contributed by atoms with E-state index in [-0.39, 0.29) is 10.3 Å². The summed E-state index contributed by atoms with van der Waals surface area (Å²) in [6.45, 7) is 2.47. The minimum atomic E-state index is -3.50. The van der Waals surface area contributed by atoms with Crippen LogP contribution in [0.25, 0.3) is 0 Å². The highest BCUT2D eigenvalue weighted by Crippen LogP contribution is 2.25. The summed E-state index contributed by atoms with van der Waals surface area (Å²) in [6.07, 6.45) is 3.20. The van der Waals surface area contributed by atoms with Gasteiger partial charge in [0.25, 0.3) is 0 Å². The first-order chi connectivity index (χ1) is 11.5. The Kier molecular flexibility index (Phi) is 5.94. The fraction of sp³-hybridized carbons (Fsp3) is 0.412. The molecule has 0 amide bonds. The molecule has 130 valence electrons. The number of benzene rings is 1. The summed E-state index contributed by atoms with van der Waals surface area (Å²) in [5, 5.41) is 0. The standard InChI is InChI=1S/C17H21ClN2O2S2/c18-16-8-9-17(23-16)24(21,22)19-13-15(20-10-4-5-11-20)12-14-6-2-1-3-7-14/h1-3,6-9,15,19H,4-5,10-13H2. The molecule has 7 heteroatoms. The van der Waals surface area contributed by atoms with Crippen LogP contribution in [0, 0.1) is 0 Å². The first-order valence-corrected chi connectivity index (χ1v) is 10.8. The van der Waals surface area contributed by atoms with E-state index in [1.165, 1.54) is 18.4 Å². The van der Waals surface area contributed by atoms with E-state index in [1.54, 1.807) is 12.1 Å². The Labute approximate surface area is 152 Å². The van der Waals surface area contributed by atoms with Crippen molar-refractivity contribution in [3.63, 3.8) is 0 Å². The highest BCUT2D eigenvalue weighted by molar-refractivity contribution is 7.91. The number of halogens is 1. The average molecular weight is 385 g/mol. The van der Waals surface area contributed by atoms with Crippen molar-refractivity contribution in [2.24, 2.45) is 0 Å². The lowest BCUT2D eigenvalue weighted by molar-refractivity contribution is 0.241. The Morgan fingerprint density at radius 1 is 1.12 bits per heavy atom. The summed E-state index contributed by atoms with van der Waals surface area (Å²) in [4.78, 5) is 2.39. The molecule has 1 unspecified atom stereocenters. The van der Waals surface area contributed by atoms with Gasteiger partial charge in [0.1, 0.15) is 4.21 Å². The molecule has 24 heavy (non-hydrogen) atoms. The van der Waals surface area contributed by atoms with Crippen LogP contribution < -0.4 is 4.72 Å². The van der Waals surface area contributed by atoms with Crippen LogP contribution in [-0.2, 0) is 16.4 Å². The SMILES string of the molecule is O=S(=O)(NCC(Cc1ccccc1)N1CCCC1)c1ccc(Cl)s1. The normalized spacial score (nSPS) is 17.2. The topological polar surface area (TPSA) is 49.4 Å². The molecule has 1 N–H and O–H groups in total. The Bertz CT molecular complexity index is 756. The van der Waals surface area contributed by atoms with Gasteiger partial charge in [-0.25, -0.2) is 13.1 Å². The van der Waals surface area contributed by atoms with Crippen molar-refractivity contribution in [1.29, 1.82) is 0 Å². The van der Waals surface area contributed by atoms with Gasteiger partial charge in [-0.15, -0.1) is 11.3 Å². The molecule has 1 aliphatic rings. The van der Waals surface area contributed by atoms with E-state index in [1.807, 2.05) is 18.2 Å². The maximum atomic E-state index is 12.4. The number of nitrogens with zero attached hydrogens (tertiary/aromatic N) is 1. The predicted octanol–water partition coefficient (Wildman–Crippen LogP) is 3.39. The third-order valence-electron chi connectivity index (χ3n) is 4.29. The van der Waals surface area contributed by atoms with Gasteiger partial charge in [0.2, 0.25) is 10.0 Å². The maximum Gasteiger partial charge on any atom is 0.250 e. The van der Waals surface area contributed by atoms with Gasteiger partial charge in [-0.05, 0) is 50.0 Å². The first-order valence-electron chi connectivity index (χ1n) is 8.07. The van der Waals surface area contributed by atoms with Gasteiger partial charge in [-0.3, -0.25) is 4.90 Å². The lowest BCUT2D eigenvalue weighted by Crippen LogP contribution is -2.43. The molecule has 2 aromatic rings. The first kappa shape index (κ1) is 17.9. The molecule has 3 rings (SSSR count). The Hall–Kier alpha value is -0.920. The summed E-state index contributed by atoms with van der Waals surface area (Å²) in [6, 6.07) is 13.6. The van der Waals surface area contributed by atoms with Gasteiger partial charge in [-0.2, -0.15) is 0 Å². The highest BCUT2D eigenvalue weighted by atomic mass is 35.5. The van der Waals surface area contributed by atoms with Gasteiger partial charge in [0, 0.05) is 12.6 Å². The van der Waals surface area contributed by atoms with Crippen molar-refractivity contribution in [3.05, 3.63) is 52.4 Å². The molecule has 1 aliphatic heterocycles. The third-order valence-corrected chi connectivity index (χ3v) is 7.44. The molecular formula is C17H21ClN2O2S2. The van der Waals surface area contributed by atoms with E-state index in [0.29, 0.717) is 10.9 Å². The van der Waals surface area contributed by atoms with Gasteiger partial charge < -0.3 is 0 Å². The van der Waals surface area contributed by atoms with Crippen LogP contribution in [0.4, 0.5) is 0 Å². The van der Waals surface area contributed by atoms with Crippen LogP contribution in [-0.4, -0.2) is 39.0 Å². The van der Waals surface area contributed by atoms with Crippen molar-refractivity contribution in [3.8, 4) is 0 Å². The Balaban J connectivity index is 1.69. The molecule has 1 saturated heterocycles. The second-order valence-corrected chi connectivity index (χ2v) is 9.71. The molecule has 1 aromatic carbocycles. The molecule has 0 aliphatic carbocycles. The summed E-state index contributed by atoms with van der Waals surface area (Å²) in [7, 11) is -3.50. The number of thiophene rings is 1. The van der Waals surface area contributed by atoms with Crippen LogP contribution in [0.3, 0.4) is 0 Å². The van der Waals surface area contributed by atoms with Gasteiger partial charge >= 0.3 is 0 Å². The minimum Gasteiger partial charge on any atom is -0.299 e. The predicted molar refractivity (Wildman–Crippen MR) is 99.3 cm³/mol. The van der Waals surface area contributed by atoms with Gasteiger partial charge in [0.05, 0.1) is 4.34 Å². The zero-order chi connectivity index (χ0) is 17.0.